The van der Waals surface area contributed by atoms with Crippen LogP contribution in [0.15, 0.2) is 36.5 Å². The molecule has 0 saturated carbocycles. The number of ether oxygens (including phenoxy) is 1. The molecule has 0 aliphatic heterocycles. The van der Waals surface area contributed by atoms with Gasteiger partial charge in [-0.1, -0.05) is 76.0 Å². The van der Waals surface area contributed by atoms with Gasteiger partial charge in [-0.3, -0.25) is 4.79 Å². The lowest BCUT2D eigenvalue weighted by atomic mass is 9.96. The summed E-state index contributed by atoms with van der Waals surface area (Å²) in [6, 6.07) is 0. The van der Waals surface area contributed by atoms with Crippen LogP contribution in [-0.2, 0) is 9.53 Å². The summed E-state index contributed by atoms with van der Waals surface area (Å²) in [4.78, 5) is 11.9. The van der Waals surface area contributed by atoms with E-state index in [0.29, 0.717) is 6.61 Å². The van der Waals surface area contributed by atoms with Crippen molar-refractivity contribution in [2.24, 2.45) is 5.92 Å². The van der Waals surface area contributed by atoms with Gasteiger partial charge in [0.25, 0.3) is 0 Å². The molecule has 0 aliphatic rings. The summed E-state index contributed by atoms with van der Waals surface area (Å²) >= 11 is 0. The fraction of sp³-hybridized carbons (Fsp3) is 0.696. The summed E-state index contributed by atoms with van der Waals surface area (Å²) in [7, 11) is 0. The molecule has 2 nitrogen and oxygen atoms in total. The molecule has 2 heteroatoms. The van der Waals surface area contributed by atoms with Crippen LogP contribution < -0.4 is 0 Å². The van der Waals surface area contributed by atoms with Crippen LogP contribution in [0.1, 0.15) is 91.4 Å². The second kappa shape index (κ2) is 19.0. The van der Waals surface area contributed by atoms with Crippen molar-refractivity contribution in [1.29, 1.82) is 0 Å². The summed E-state index contributed by atoms with van der Waals surface area (Å²) in [6.45, 7) is 6.67. The first kappa shape index (κ1) is 23.7. The molecule has 0 aromatic carbocycles. The molecule has 144 valence electrons. The van der Waals surface area contributed by atoms with Crippen molar-refractivity contribution in [2.45, 2.75) is 91.4 Å². The van der Waals surface area contributed by atoms with Crippen molar-refractivity contribution in [3.63, 3.8) is 0 Å². The highest BCUT2D eigenvalue weighted by molar-refractivity contribution is 5.72. The van der Waals surface area contributed by atoms with Crippen molar-refractivity contribution in [3.8, 4) is 0 Å². The number of unbranched alkanes of at least 4 members (excludes halogenated alkanes) is 4. The predicted molar refractivity (Wildman–Crippen MR) is 110 cm³/mol. The van der Waals surface area contributed by atoms with E-state index in [1.54, 1.807) is 0 Å². The van der Waals surface area contributed by atoms with Gasteiger partial charge in [-0.2, -0.15) is 0 Å². The van der Waals surface area contributed by atoms with E-state index < -0.39 is 0 Å². The zero-order chi connectivity index (χ0) is 18.6. The molecule has 0 heterocycles. The average Bonchev–Trinajstić information content (AvgIpc) is 2.61. The molecule has 0 aliphatic carbocycles. The maximum atomic E-state index is 11.9. The minimum Gasteiger partial charge on any atom is -0.466 e. The molecular weight excluding hydrogens is 308 g/mol. The highest BCUT2D eigenvalue weighted by Gasteiger charge is 2.17. The fourth-order valence-corrected chi connectivity index (χ4v) is 2.82. The maximum Gasteiger partial charge on any atom is 0.308 e. The third-order valence-corrected chi connectivity index (χ3v) is 4.21. The lowest BCUT2D eigenvalue weighted by molar-refractivity contribution is -0.148. The lowest BCUT2D eigenvalue weighted by Crippen LogP contribution is -2.17. The minimum atomic E-state index is 0.00511. The fourth-order valence-electron chi connectivity index (χ4n) is 2.82. The van der Waals surface area contributed by atoms with Gasteiger partial charge >= 0.3 is 5.97 Å². The van der Waals surface area contributed by atoms with Crippen molar-refractivity contribution in [3.05, 3.63) is 36.5 Å². The molecule has 1 atom stereocenters. The zero-order valence-electron chi connectivity index (χ0n) is 16.8. The van der Waals surface area contributed by atoms with E-state index in [2.05, 4.69) is 50.3 Å². The number of esters is 1. The van der Waals surface area contributed by atoms with Crippen LogP contribution in [0.4, 0.5) is 0 Å². The first-order valence-corrected chi connectivity index (χ1v) is 10.4. The Morgan fingerprint density at radius 1 is 0.800 bits per heavy atom. The molecule has 0 aromatic heterocycles. The van der Waals surface area contributed by atoms with E-state index in [-0.39, 0.29) is 11.9 Å². The number of carbonyl (C=O) groups excluding carboxylic acids is 1. The van der Waals surface area contributed by atoms with Gasteiger partial charge in [0, 0.05) is 0 Å². The molecule has 1 unspecified atom stereocenters. The Morgan fingerprint density at radius 2 is 1.44 bits per heavy atom. The molecular formula is C23H40O2. The normalized spacial score (nSPS) is 13.2. The van der Waals surface area contributed by atoms with Crippen LogP contribution >= 0.6 is 0 Å². The van der Waals surface area contributed by atoms with Gasteiger partial charge in [0.1, 0.15) is 0 Å². The Hall–Kier alpha value is -1.31. The molecule has 0 aromatic rings. The minimum absolute atomic E-state index is 0.00511. The molecule has 0 N–H and O–H groups in total. The summed E-state index contributed by atoms with van der Waals surface area (Å²) in [5.74, 6) is 0.120. The second-order valence-corrected chi connectivity index (χ2v) is 6.52. The first-order chi connectivity index (χ1) is 12.3. The third-order valence-electron chi connectivity index (χ3n) is 4.21. The van der Waals surface area contributed by atoms with Crippen LogP contribution in [-0.4, -0.2) is 12.6 Å². The van der Waals surface area contributed by atoms with Crippen LogP contribution in [0.25, 0.3) is 0 Å². The summed E-state index contributed by atoms with van der Waals surface area (Å²) in [6.07, 6.45) is 25.7. The van der Waals surface area contributed by atoms with E-state index in [1.165, 1.54) is 25.7 Å². The SMILES string of the molecule is CC/C=C\C/C=C\C/C=C\CCCCCCC(CCC)C(=O)OCC. The summed E-state index contributed by atoms with van der Waals surface area (Å²) in [5, 5.41) is 0. The standard InChI is InChI=1S/C23H40O2/c1-4-7-8-9-10-11-12-13-14-15-16-17-18-19-21-22(20-5-2)23(24)25-6-3/h7-8,10-11,13-14,22H,4-6,9,12,15-21H2,1-3H3/b8-7-,11-10-,14-13-. The van der Waals surface area contributed by atoms with E-state index in [9.17, 15) is 4.79 Å². The van der Waals surface area contributed by atoms with Gasteiger partial charge in [-0.15, -0.1) is 0 Å². The lowest BCUT2D eigenvalue weighted by Gasteiger charge is -2.14. The molecule has 0 rings (SSSR count). The smallest absolute Gasteiger partial charge is 0.308 e. The van der Waals surface area contributed by atoms with Gasteiger partial charge in [0.15, 0.2) is 0 Å². The molecule has 25 heavy (non-hydrogen) atoms. The Kier molecular flexibility index (Phi) is 18.0. The highest BCUT2D eigenvalue weighted by atomic mass is 16.5. The highest BCUT2D eigenvalue weighted by Crippen LogP contribution is 2.18. The Balaban J connectivity index is 3.60. The maximum absolute atomic E-state index is 11.9. The largest absolute Gasteiger partial charge is 0.466 e. The number of rotatable bonds is 16. The van der Waals surface area contributed by atoms with Gasteiger partial charge in [0.05, 0.1) is 12.5 Å². The van der Waals surface area contributed by atoms with Crippen LogP contribution in [0, 0.1) is 5.92 Å². The van der Waals surface area contributed by atoms with E-state index >= 15 is 0 Å². The second-order valence-electron chi connectivity index (χ2n) is 6.52. The summed E-state index contributed by atoms with van der Waals surface area (Å²) in [5.41, 5.74) is 0. The van der Waals surface area contributed by atoms with Gasteiger partial charge in [-0.25, -0.2) is 0 Å². The van der Waals surface area contributed by atoms with E-state index in [4.69, 9.17) is 4.74 Å². The Labute approximate surface area is 156 Å². The topological polar surface area (TPSA) is 26.3 Å². The molecule has 0 radical (unpaired) electrons. The van der Waals surface area contributed by atoms with Crippen molar-refractivity contribution in [2.75, 3.05) is 6.61 Å². The Morgan fingerprint density at radius 3 is 2.08 bits per heavy atom. The van der Waals surface area contributed by atoms with Gasteiger partial charge in [-0.05, 0) is 51.9 Å². The third kappa shape index (κ3) is 15.9. The van der Waals surface area contributed by atoms with Crippen LogP contribution in [0.3, 0.4) is 0 Å². The average molecular weight is 349 g/mol. The predicted octanol–water partition coefficient (Wildman–Crippen LogP) is 7.17. The molecule has 0 spiro atoms. The number of hydrogen-bond donors (Lipinski definition) is 0. The first-order valence-electron chi connectivity index (χ1n) is 10.4. The molecule has 0 saturated heterocycles. The summed E-state index contributed by atoms with van der Waals surface area (Å²) < 4.78 is 5.17. The number of carbonyl (C=O) groups is 1. The van der Waals surface area contributed by atoms with Crippen molar-refractivity contribution >= 4 is 5.97 Å². The number of allylic oxidation sites excluding steroid dienone is 6. The molecule has 0 fully saturated rings. The number of hydrogen-bond acceptors (Lipinski definition) is 2. The van der Waals surface area contributed by atoms with E-state index in [0.717, 1.165) is 44.9 Å². The van der Waals surface area contributed by atoms with Crippen molar-refractivity contribution < 1.29 is 9.53 Å². The molecule has 0 amide bonds. The van der Waals surface area contributed by atoms with Crippen molar-refractivity contribution in [1.82, 2.24) is 0 Å². The zero-order valence-corrected chi connectivity index (χ0v) is 16.8. The van der Waals surface area contributed by atoms with Crippen LogP contribution in [0.2, 0.25) is 0 Å². The van der Waals surface area contributed by atoms with E-state index in [1.807, 2.05) is 6.92 Å². The quantitative estimate of drug-likeness (QED) is 0.168. The molecule has 0 bridgehead atoms. The Bertz CT molecular complexity index is 380. The monoisotopic (exact) mass is 348 g/mol. The van der Waals surface area contributed by atoms with Gasteiger partial charge < -0.3 is 4.74 Å². The van der Waals surface area contributed by atoms with Crippen LogP contribution in [0.5, 0.6) is 0 Å². The van der Waals surface area contributed by atoms with Gasteiger partial charge in [0.2, 0.25) is 0 Å².